The highest BCUT2D eigenvalue weighted by molar-refractivity contribution is 8.13. The molecular formula is C18H26N6OS. The summed E-state index contributed by atoms with van der Waals surface area (Å²) in [5.41, 5.74) is 1.19. The van der Waals surface area contributed by atoms with E-state index in [2.05, 4.69) is 50.2 Å². The molecule has 26 heavy (non-hydrogen) atoms. The summed E-state index contributed by atoms with van der Waals surface area (Å²) in [6, 6.07) is 4.04. The first-order chi connectivity index (χ1) is 12.8. The van der Waals surface area contributed by atoms with Crippen LogP contribution in [0.25, 0.3) is 0 Å². The molecule has 1 aliphatic rings. The Bertz CT molecular complexity index is 701. The number of aliphatic imine (C=N–C) groups is 1. The minimum absolute atomic E-state index is 0.617. The summed E-state index contributed by atoms with van der Waals surface area (Å²) >= 11 is 1.62. The fraction of sp³-hybridized carbons (Fsp3) is 0.556. The van der Waals surface area contributed by atoms with Crippen LogP contribution in [0.15, 0.2) is 34.0 Å². The zero-order valence-electron chi connectivity index (χ0n) is 15.4. The molecule has 0 amide bonds. The first-order valence-corrected chi connectivity index (χ1v) is 10.1. The Morgan fingerprint density at radius 2 is 2.23 bits per heavy atom. The van der Waals surface area contributed by atoms with Crippen molar-refractivity contribution in [2.24, 2.45) is 10.9 Å². The molecule has 0 unspecified atom stereocenters. The highest BCUT2D eigenvalue weighted by Gasteiger charge is 2.15. The lowest BCUT2D eigenvalue weighted by Crippen LogP contribution is -2.41. The van der Waals surface area contributed by atoms with Gasteiger partial charge in [0.25, 0.3) is 0 Å². The van der Waals surface area contributed by atoms with Crippen LogP contribution < -0.4 is 5.32 Å². The second-order valence-corrected chi connectivity index (χ2v) is 7.37. The van der Waals surface area contributed by atoms with Gasteiger partial charge < -0.3 is 9.84 Å². The molecule has 0 aromatic carbocycles. The van der Waals surface area contributed by atoms with Crippen LogP contribution in [0.2, 0.25) is 0 Å². The van der Waals surface area contributed by atoms with E-state index in [1.165, 1.54) is 5.56 Å². The van der Waals surface area contributed by atoms with Crippen LogP contribution in [0, 0.1) is 5.92 Å². The molecule has 2 aromatic rings. The van der Waals surface area contributed by atoms with E-state index >= 15 is 0 Å². The quantitative estimate of drug-likeness (QED) is 0.760. The predicted octanol–water partition coefficient (Wildman–Crippen LogP) is 3.05. The van der Waals surface area contributed by atoms with Crippen LogP contribution in [-0.4, -0.2) is 38.5 Å². The number of aromatic nitrogens is 3. The van der Waals surface area contributed by atoms with Crippen molar-refractivity contribution in [3.05, 3.63) is 41.8 Å². The lowest BCUT2D eigenvalue weighted by atomic mass is 10.00. The number of hydrogen-bond acceptors (Lipinski definition) is 8. The van der Waals surface area contributed by atoms with E-state index in [4.69, 9.17) is 4.52 Å². The summed E-state index contributed by atoms with van der Waals surface area (Å²) in [4.78, 5) is 15.5. The van der Waals surface area contributed by atoms with Crippen molar-refractivity contribution in [3.8, 4) is 0 Å². The van der Waals surface area contributed by atoms with Gasteiger partial charge in [-0.25, -0.2) is 4.99 Å². The number of amidine groups is 1. The summed E-state index contributed by atoms with van der Waals surface area (Å²) in [5, 5.41) is 8.36. The number of pyridine rings is 1. The number of nitrogens with zero attached hydrogens (tertiary/aromatic N) is 5. The first kappa shape index (κ1) is 18.8. The molecule has 0 saturated carbocycles. The normalized spacial score (nSPS) is 15.1. The molecule has 0 spiro atoms. The molecule has 0 aliphatic carbocycles. The molecule has 1 aliphatic heterocycles. The van der Waals surface area contributed by atoms with E-state index in [-0.39, 0.29) is 0 Å². The lowest BCUT2D eigenvalue weighted by Gasteiger charge is -2.26. The third kappa shape index (κ3) is 5.54. The number of hydrogen-bond donors (Lipinski definition) is 1. The zero-order chi connectivity index (χ0) is 18.2. The maximum atomic E-state index is 5.37. The molecular weight excluding hydrogens is 348 g/mol. The Labute approximate surface area is 158 Å². The standard InChI is InChI=1S/C18H26N6OS/c1-3-14(4-2)8-17-22-16(23-25-17)11-26-18-20-12-24(13-21-18)10-15-6-5-7-19-9-15/h5-7,9,14H,3-4,8,10-13H2,1-2H3,(H,20,21). The highest BCUT2D eigenvalue weighted by Crippen LogP contribution is 2.17. The maximum Gasteiger partial charge on any atom is 0.226 e. The topological polar surface area (TPSA) is 79.4 Å². The van der Waals surface area contributed by atoms with Gasteiger partial charge in [0.05, 0.1) is 19.1 Å². The molecule has 3 rings (SSSR count). The Kier molecular flexibility index (Phi) is 7.02. The number of nitrogens with one attached hydrogen (secondary N) is 1. The second kappa shape index (κ2) is 9.68. The molecule has 0 fully saturated rings. The van der Waals surface area contributed by atoms with Crippen molar-refractivity contribution in [1.29, 1.82) is 0 Å². The Morgan fingerprint density at radius 3 is 2.92 bits per heavy atom. The van der Waals surface area contributed by atoms with Gasteiger partial charge in [0.15, 0.2) is 11.0 Å². The van der Waals surface area contributed by atoms with Gasteiger partial charge in [-0.1, -0.05) is 49.7 Å². The van der Waals surface area contributed by atoms with E-state index < -0.39 is 0 Å². The summed E-state index contributed by atoms with van der Waals surface area (Å²) in [5.74, 6) is 2.76. The molecule has 8 heteroatoms. The van der Waals surface area contributed by atoms with Crippen molar-refractivity contribution in [2.75, 3.05) is 13.3 Å². The fourth-order valence-electron chi connectivity index (χ4n) is 2.79. The third-order valence-corrected chi connectivity index (χ3v) is 5.41. The van der Waals surface area contributed by atoms with Crippen LogP contribution in [0.3, 0.4) is 0 Å². The zero-order valence-corrected chi connectivity index (χ0v) is 16.2. The van der Waals surface area contributed by atoms with Gasteiger partial charge in [0.2, 0.25) is 5.89 Å². The van der Waals surface area contributed by atoms with E-state index in [0.717, 1.165) is 49.4 Å². The Balaban J connectivity index is 1.43. The highest BCUT2D eigenvalue weighted by atomic mass is 32.2. The molecule has 7 nitrogen and oxygen atoms in total. The van der Waals surface area contributed by atoms with Crippen molar-refractivity contribution >= 4 is 16.9 Å². The lowest BCUT2D eigenvalue weighted by molar-refractivity contribution is 0.258. The first-order valence-electron chi connectivity index (χ1n) is 9.10. The van der Waals surface area contributed by atoms with E-state index in [0.29, 0.717) is 18.3 Å². The van der Waals surface area contributed by atoms with Crippen LogP contribution in [0.4, 0.5) is 0 Å². The predicted molar refractivity (Wildman–Crippen MR) is 103 cm³/mol. The third-order valence-electron chi connectivity index (χ3n) is 4.46. The van der Waals surface area contributed by atoms with Gasteiger partial charge in [0, 0.05) is 25.4 Å². The second-order valence-electron chi connectivity index (χ2n) is 6.41. The van der Waals surface area contributed by atoms with E-state index in [9.17, 15) is 0 Å². The van der Waals surface area contributed by atoms with Gasteiger partial charge >= 0.3 is 0 Å². The summed E-state index contributed by atoms with van der Waals surface area (Å²) in [7, 11) is 0. The Hall–Kier alpha value is -1.93. The molecule has 0 radical (unpaired) electrons. The Morgan fingerprint density at radius 1 is 1.35 bits per heavy atom. The molecule has 140 valence electrons. The van der Waals surface area contributed by atoms with Crippen molar-refractivity contribution in [3.63, 3.8) is 0 Å². The fourth-order valence-corrected chi connectivity index (χ4v) is 3.49. The van der Waals surface area contributed by atoms with Gasteiger partial charge in [-0.05, 0) is 17.5 Å². The number of rotatable bonds is 8. The van der Waals surface area contributed by atoms with Gasteiger partial charge in [-0.2, -0.15) is 4.98 Å². The van der Waals surface area contributed by atoms with Crippen molar-refractivity contribution in [1.82, 2.24) is 25.3 Å². The molecule has 1 N–H and O–H groups in total. The molecule has 2 aromatic heterocycles. The monoisotopic (exact) mass is 374 g/mol. The molecule has 3 heterocycles. The van der Waals surface area contributed by atoms with Gasteiger partial charge in [-0.15, -0.1) is 0 Å². The van der Waals surface area contributed by atoms with Crippen molar-refractivity contribution in [2.45, 2.75) is 45.4 Å². The smallest absolute Gasteiger partial charge is 0.226 e. The van der Waals surface area contributed by atoms with E-state index in [1.54, 1.807) is 18.0 Å². The minimum Gasteiger partial charge on any atom is -0.352 e. The maximum absolute atomic E-state index is 5.37. The summed E-state index contributed by atoms with van der Waals surface area (Å²) in [6.45, 7) is 6.69. The summed E-state index contributed by atoms with van der Waals surface area (Å²) in [6.07, 6.45) is 6.83. The molecule has 0 atom stereocenters. The summed E-state index contributed by atoms with van der Waals surface area (Å²) < 4.78 is 5.37. The van der Waals surface area contributed by atoms with Crippen LogP contribution >= 0.6 is 11.8 Å². The van der Waals surface area contributed by atoms with E-state index in [1.807, 2.05) is 12.3 Å². The van der Waals surface area contributed by atoms with Crippen LogP contribution in [0.1, 0.15) is 44.0 Å². The van der Waals surface area contributed by atoms with Crippen LogP contribution in [-0.2, 0) is 18.7 Å². The molecule has 0 bridgehead atoms. The van der Waals surface area contributed by atoms with Gasteiger partial charge in [0.1, 0.15) is 0 Å². The average Bonchev–Trinajstić information content (AvgIpc) is 3.14. The SMILES string of the molecule is CCC(CC)Cc1nc(CSC2=NCN(Cc3cccnc3)CN2)no1. The number of thioether (sulfide) groups is 1. The minimum atomic E-state index is 0.617. The largest absolute Gasteiger partial charge is 0.352 e. The molecule has 0 saturated heterocycles. The van der Waals surface area contributed by atoms with Crippen LogP contribution in [0.5, 0.6) is 0 Å². The van der Waals surface area contributed by atoms with Gasteiger partial charge in [-0.3, -0.25) is 9.88 Å². The average molecular weight is 375 g/mol. The van der Waals surface area contributed by atoms with Crippen molar-refractivity contribution < 1.29 is 4.52 Å².